The van der Waals surface area contributed by atoms with Gasteiger partial charge in [-0.3, -0.25) is 9.69 Å². The lowest BCUT2D eigenvalue weighted by molar-refractivity contribution is -0.137. The molecule has 0 spiro atoms. The topological polar surface area (TPSA) is 108 Å². The summed E-state index contributed by atoms with van der Waals surface area (Å²) in [5, 5.41) is 12.8. The number of aliphatic hydroxyl groups is 1. The Kier molecular flexibility index (Phi) is 10.6. The van der Waals surface area contributed by atoms with Crippen molar-refractivity contribution in [3.8, 4) is 5.75 Å². The third-order valence-corrected chi connectivity index (χ3v) is 10.1. The number of amides is 1. The molecule has 0 aromatic heterocycles. The van der Waals surface area contributed by atoms with Gasteiger partial charge in [-0.2, -0.15) is 13.2 Å². The van der Waals surface area contributed by atoms with Crippen molar-refractivity contribution in [3.63, 3.8) is 0 Å². The van der Waals surface area contributed by atoms with Gasteiger partial charge in [0.2, 0.25) is 0 Å². The Labute approximate surface area is 266 Å². The molecule has 2 aliphatic rings. The van der Waals surface area contributed by atoms with Crippen molar-refractivity contribution in [1.82, 2.24) is 10.2 Å². The fraction of sp³-hybridized carbons (Fsp3) is 0.424. The smallest absolute Gasteiger partial charge is 0.416 e. The number of alkyl halides is 3. The summed E-state index contributed by atoms with van der Waals surface area (Å²) in [6.45, 7) is 4.55. The van der Waals surface area contributed by atoms with E-state index >= 15 is 0 Å². The van der Waals surface area contributed by atoms with Gasteiger partial charge in [0.25, 0.3) is 5.91 Å². The Morgan fingerprint density at radius 3 is 2.35 bits per heavy atom. The number of sulfone groups is 1. The quantitative estimate of drug-likeness (QED) is 0.306. The number of nitrogens with one attached hydrogen (secondary N) is 1. The van der Waals surface area contributed by atoms with Crippen molar-refractivity contribution in [2.24, 2.45) is 0 Å². The summed E-state index contributed by atoms with van der Waals surface area (Å²) in [6, 6.07) is 17.2. The number of anilines is 1. The fourth-order valence-corrected chi connectivity index (χ4v) is 6.69. The van der Waals surface area contributed by atoms with Gasteiger partial charge in [0.05, 0.1) is 42.1 Å². The van der Waals surface area contributed by atoms with E-state index in [0.29, 0.717) is 43.1 Å². The predicted octanol–water partition coefficient (Wildman–Crippen LogP) is 4.67. The fourth-order valence-electron chi connectivity index (χ4n) is 5.81. The van der Waals surface area contributed by atoms with E-state index in [0.717, 1.165) is 37.4 Å². The van der Waals surface area contributed by atoms with E-state index in [-0.39, 0.29) is 29.4 Å². The second-order valence-corrected chi connectivity index (χ2v) is 13.8. The number of aliphatic hydroxyl groups excluding tert-OH is 1. The van der Waals surface area contributed by atoms with Crippen LogP contribution in [0.2, 0.25) is 0 Å². The molecule has 2 aliphatic heterocycles. The number of nitrogens with zero attached hydrogens (tertiary/aromatic N) is 2. The highest BCUT2D eigenvalue weighted by atomic mass is 32.2. The van der Waals surface area contributed by atoms with Crippen LogP contribution in [-0.4, -0.2) is 81.8 Å². The first kappa shape index (κ1) is 33.7. The van der Waals surface area contributed by atoms with Crippen LogP contribution in [-0.2, 0) is 20.8 Å². The third-order valence-electron chi connectivity index (χ3n) is 8.34. The van der Waals surface area contributed by atoms with Gasteiger partial charge < -0.3 is 24.8 Å². The Hall–Kier alpha value is -3.65. The molecule has 3 atom stereocenters. The van der Waals surface area contributed by atoms with E-state index in [4.69, 9.17) is 9.47 Å². The molecule has 248 valence electrons. The monoisotopic (exact) mass is 661 g/mol. The van der Waals surface area contributed by atoms with E-state index < -0.39 is 33.5 Å². The second kappa shape index (κ2) is 14.4. The van der Waals surface area contributed by atoms with Gasteiger partial charge >= 0.3 is 6.18 Å². The third kappa shape index (κ3) is 8.19. The molecule has 2 heterocycles. The standard InChI is InChI=1S/C33H38F3N3O6S/c1-2-46(42,43)30-14-6-23(7-15-30)31(21-40)37-32(41)24-4-10-26(11-5-24)39-20-29(18-27(39)19-38-16-3-17-44-22-38)45-28-12-8-25(9-13-28)33(34,35)36/h4-15,27,29,31,40H,2-3,16-22H2,1H3,(H,37,41)/t27-,29+,31-/m0/s1. The average molecular weight is 662 g/mol. The van der Waals surface area contributed by atoms with Gasteiger partial charge in [0.1, 0.15) is 11.9 Å². The number of hydrogen-bond donors (Lipinski definition) is 2. The summed E-state index contributed by atoms with van der Waals surface area (Å²) >= 11 is 0. The average Bonchev–Trinajstić information content (AvgIpc) is 3.45. The Morgan fingerprint density at radius 1 is 1.07 bits per heavy atom. The van der Waals surface area contributed by atoms with Crippen LogP contribution < -0.4 is 15.0 Å². The van der Waals surface area contributed by atoms with Crippen LogP contribution in [0.1, 0.15) is 47.3 Å². The normalized spacial score (nSPS) is 20.0. The van der Waals surface area contributed by atoms with Gasteiger partial charge in [0, 0.05) is 43.4 Å². The molecule has 1 amide bonds. The molecule has 2 saturated heterocycles. The minimum Gasteiger partial charge on any atom is -0.489 e. The van der Waals surface area contributed by atoms with Gasteiger partial charge in [0.15, 0.2) is 9.84 Å². The summed E-state index contributed by atoms with van der Waals surface area (Å²) in [6.07, 6.45) is -3.10. The van der Waals surface area contributed by atoms with Crippen LogP contribution in [0.15, 0.2) is 77.7 Å². The van der Waals surface area contributed by atoms with Crippen LogP contribution in [0, 0.1) is 0 Å². The first-order valence-corrected chi connectivity index (χ1v) is 16.9. The van der Waals surface area contributed by atoms with Crippen LogP contribution in [0.4, 0.5) is 18.9 Å². The zero-order valence-electron chi connectivity index (χ0n) is 25.4. The summed E-state index contributed by atoms with van der Waals surface area (Å²) in [5.41, 5.74) is 1.09. The molecule has 46 heavy (non-hydrogen) atoms. The van der Waals surface area contributed by atoms with Crippen LogP contribution in [0.5, 0.6) is 5.75 Å². The molecule has 5 rings (SSSR count). The maximum atomic E-state index is 13.1. The highest BCUT2D eigenvalue weighted by molar-refractivity contribution is 7.91. The molecule has 13 heteroatoms. The Morgan fingerprint density at radius 2 is 1.76 bits per heavy atom. The molecule has 3 aromatic carbocycles. The van der Waals surface area contributed by atoms with Crippen molar-refractivity contribution in [1.29, 1.82) is 0 Å². The maximum absolute atomic E-state index is 13.1. The first-order valence-electron chi connectivity index (χ1n) is 15.2. The van der Waals surface area contributed by atoms with E-state index in [1.54, 1.807) is 31.2 Å². The minimum absolute atomic E-state index is 0.0276. The van der Waals surface area contributed by atoms with Crippen molar-refractivity contribution in [2.45, 2.75) is 49.0 Å². The number of carbonyl (C=O) groups is 1. The molecule has 3 aromatic rings. The molecule has 9 nitrogen and oxygen atoms in total. The van der Waals surface area contributed by atoms with Gasteiger partial charge in [-0.05, 0) is 72.6 Å². The molecule has 2 fully saturated rings. The zero-order valence-corrected chi connectivity index (χ0v) is 26.3. The van der Waals surface area contributed by atoms with Gasteiger partial charge in [-0.1, -0.05) is 19.1 Å². The molecule has 2 N–H and O–H groups in total. The summed E-state index contributed by atoms with van der Waals surface area (Å²) in [4.78, 5) is 17.7. The zero-order chi connectivity index (χ0) is 32.9. The van der Waals surface area contributed by atoms with Crippen molar-refractivity contribution >= 4 is 21.4 Å². The minimum atomic E-state index is -4.42. The first-order chi connectivity index (χ1) is 22.0. The lowest BCUT2D eigenvalue weighted by Gasteiger charge is -2.33. The lowest BCUT2D eigenvalue weighted by atomic mass is 10.1. The second-order valence-electron chi connectivity index (χ2n) is 11.5. The molecule has 0 unspecified atom stereocenters. The molecule has 0 radical (unpaired) electrons. The SMILES string of the molecule is CCS(=O)(=O)c1ccc([C@H](CO)NC(=O)c2ccc(N3C[C@H](Oc4ccc(C(F)(F)F)cc4)C[C@H]3CN3CCCOC3)cc2)cc1. The number of benzene rings is 3. The maximum Gasteiger partial charge on any atom is 0.416 e. The van der Waals surface area contributed by atoms with Crippen molar-refractivity contribution < 1.29 is 41.0 Å². The van der Waals surface area contributed by atoms with E-state index in [1.165, 1.54) is 24.3 Å². The Balaban J connectivity index is 1.27. The highest BCUT2D eigenvalue weighted by Crippen LogP contribution is 2.33. The summed E-state index contributed by atoms with van der Waals surface area (Å²) < 4.78 is 75.1. The van der Waals surface area contributed by atoms with Crippen molar-refractivity contribution in [2.75, 3.05) is 50.2 Å². The van der Waals surface area contributed by atoms with Gasteiger partial charge in [-0.25, -0.2) is 8.42 Å². The Bertz CT molecular complexity index is 1560. The van der Waals surface area contributed by atoms with E-state index in [2.05, 4.69) is 15.1 Å². The van der Waals surface area contributed by atoms with E-state index in [9.17, 15) is 31.5 Å². The van der Waals surface area contributed by atoms with E-state index in [1.807, 2.05) is 12.1 Å². The highest BCUT2D eigenvalue weighted by Gasteiger charge is 2.36. The summed E-state index contributed by atoms with van der Waals surface area (Å²) in [7, 11) is -3.37. The van der Waals surface area contributed by atoms with Gasteiger partial charge in [-0.15, -0.1) is 0 Å². The number of ether oxygens (including phenoxy) is 2. The number of rotatable bonds is 11. The summed E-state index contributed by atoms with van der Waals surface area (Å²) in [5.74, 6) is -0.0602. The van der Waals surface area contributed by atoms with Crippen LogP contribution in [0.25, 0.3) is 0 Å². The molecular formula is C33H38F3N3O6S. The number of halogens is 3. The van der Waals surface area contributed by atoms with Crippen LogP contribution >= 0.6 is 0 Å². The van der Waals surface area contributed by atoms with Crippen LogP contribution in [0.3, 0.4) is 0 Å². The van der Waals surface area contributed by atoms with Crippen molar-refractivity contribution in [3.05, 3.63) is 89.5 Å². The molecule has 0 bridgehead atoms. The molecule has 0 aliphatic carbocycles. The lowest BCUT2D eigenvalue weighted by Crippen LogP contribution is -2.43. The largest absolute Gasteiger partial charge is 0.489 e. The number of carbonyl (C=O) groups excluding carboxylic acids is 1. The molecule has 0 saturated carbocycles. The number of hydrogen-bond acceptors (Lipinski definition) is 8. The molecular weight excluding hydrogens is 623 g/mol. The predicted molar refractivity (Wildman–Crippen MR) is 167 cm³/mol.